The number of amides is 1. The van der Waals surface area contributed by atoms with Crippen LogP contribution in [0.5, 0.6) is 5.75 Å². The Kier molecular flexibility index (Phi) is 13.2. The van der Waals surface area contributed by atoms with Crippen LogP contribution in [0.15, 0.2) is 84.0 Å². The fraction of sp³-hybridized carbons (Fsp3) is 0.344. The van der Waals surface area contributed by atoms with Gasteiger partial charge in [-0.25, -0.2) is 4.79 Å². The van der Waals surface area contributed by atoms with Crippen molar-refractivity contribution in [2.75, 3.05) is 20.6 Å². The zero-order valence-electron chi connectivity index (χ0n) is 24.3. The van der Waals surface area contributed by atoms with Crippen molar-refractivity contribution in [3.63, 3.8) is 0 Å². The molecule has 0 saturated carbocycles. The molecule has 3 aromatic rings. The molecule has 0 bridgehead atoms. The second-order valence-electron chi connectivity index (χ2n) is 10.2. The monoisotopic (exact) mass is 547 g/mol. The molecule has 3 rings (SSSR count). The van der Waals surface area contributed by atoms with Gasteiger partial charge in [0.05, 0.1) is 0 Å². The van der Waals surface area contributed by atoms with Crippen LogP contribution in [0.25, 0.3) is 0 Å². The predicted octanol–water partition coefficient (Wildman–Crippen LogP) is 5.92. The minimum absolute atomic E-state index is 0.190. The lowest BCUT2D eigenvalue weighted by molar-refractivity contribution is -0.143. The first-order valence-electron chi connectivity index (χ1n) is 13.1. The predicted molar refractivity (Wildman–Crippen MR) is 158 cm³/mol. The van der Waals surface area contributed by atoms with Gasteiger partial charge in [-0.15, -0.1) is 0 Å². The highest BCUT2D eigenvalue weighted by molar-refractivity contribution is 5.78. The molecule has 8 heteroatoms. The number of nitrogens with zero attached hydrogens (tertiary/aromatic N) is 2. The maximum absolute atomic E-state index is 11.4. The van der Waals surface area contributed by atoms with Crippen LogP contribution in [-0.4, -0.2) is 49.5 Å². The fourth-order valence-corrected chi connectivity index (χ4v) is 3.29. The van der Waals surface area contributed by atoms with Crippen molar-refractivity contribution in [1.82, 2.24) is 10.3 Å². The zero-order valence-corrected chi connectivity index (χ0v) is 24.3. The van der Waals surface area contributed by atoms with Crippen LogP contribution in [-0.2, 0) is 33.9 Å². The Bertz CT molecular complexity index is 1210. The molecule has 0 unspecified atom stereocenters. The van der Waals surface area contributed by atoms with Crippen molar-refractivity contribution in [2.24, 2.45) is 5.10 Å². The van der Waals surface area contributed by atoms with Crippen molar-refractivity contribution < 1.29 is 23.8 Å². The molecule has 8 nitrogen and oxygen atoms in total. The van der Waals surface area contributed by atoms with Gasteiger partial charge in [-0.3, -0.25) is 4.79 Å². The number of ether oxygens (including phenoxy) is 3. The van der Waals surface area contributed by atoms with Crippen molar-refractivity contribution >= 4 is 18.3 Å². The highest BCUT2D eigenvalue weighted by atomic mass is 16.6. The van der Waals surface area contributed by atoms with Gasteiger partial charge in [0.2, 0.25) is 0 Å². The summed E-state index contributed by atoms with van der Waals surface area (Å²) >= 11 is 0. The number of rotatable bonds is 10. The first kappa shape index (κ1) is 31.9. The number of carbonyl (C=O) groups excluding carboxylic acids is 2. The second kappa shape index (κ2) is 16.6. The largest absolute Gasteiger partial charge is 0.489 e. The van der Waals surface area contributed by atoms with E-state index in [0.29, 0.717) is 6.61 Å². The van der Waals surface area contributed by atoms with Crippen LogP contribution >= 0.6 is 0 Å². The molecule has 3 aromatic carbocycles. The molecule has 0 aliphatic carbocycles. The molecule has 40 heavy (non-hydrogen) atoms. The number of hydrogen-bond acceptors (Lipinski definition) is 7. The van der Waals surface area contributed by atoms with Crippen LogP contribution in [0.3, 0.4) is 0 Å². The highest BCUT2D eigenvalue weighted by Crippen LogP contribution is 2.21. The first-order valence-corrected chi connectivity index (χ1v) is 13.1. The van der Waals surface area contributed by atoms with E-state index in [1.54, 1.807) is 25.8 Å². The minimum atomic E-state index is -0.635. The molecule has 0 aliphatic heterocycles. The molecular formula is C32H41N3O5. The van der Waals surface area contributed by atoms with E-state index in [1.807, 2.05) is 74.9 Å². The topological polar surface area (TPSA) is 89.5 Å². The van der Waals surface area contributed by atoms with E-state index in [0.717, 1.165) is 23.3 Å². The number of esters is 1. The van der Waals surface area contributed by atoms with E-state index < -0.39 is 17.7 Å². The van der Waals surface area contributed by atoms with E-state index in [2.05, 4.69) is 41.6 Å². The Labute approximate surface area is 237 Å². The van der Waals surface area contributed by atoms with E-state index in [4.69, 9.17) is 14.2 Å². The average molecular weight is 548 g/mol. The SMILES string of the molecule is CC(C)(C)OC(=O)NCC(=O)OCc1ccccc1.Cc1ccc(OCc2ccccc2)c(C/C=N/N(C)C)c1. The molecular weight excluding hydrogens is 506 g/mol. The minimum Gasteiger partial charge on any atom is -0.489 e. The maximum Gasteiger partial charge on any atom is 0.408 e. The molecule has 1 N–H and O–H groups in total. The molecule has 1 amide bonds. The van der Waals surface area contributed by atoms with E-state index in [9.17, 15) is 9.59 Å². The Morgan fingerprint density at radius 3 is 2.08 bits per heavy atom. The van der Waals surface area contributed by atoms with Crippen LogP contribution in [0, 0.1) is 6.92 Å². The molecule has 0 spiro atoms. The summed E-state index contributed by atoms with van der Waals surface area (Å²) in [6.07, 6.45) is 2.04. The summed E-state index contributed by atoms with van der Waals surface area (Å²) in [7, 11) is 3.83. The van der Waals surface area contributed by atoms with E-state index in [-0.39, 0.29) is 13.2 Å². The quantitative estimate of drug-likeness (QED) is 0.193. The smallest absolute Gasteiger partial charge is 0.408 e. The molecule has 0 saturated heterocycles. The number of aryl methyl sites for hydroxylation is 1. The summed E-state index contributed by atoms with van der Waals surface area (Å²) < 4.78 is 16.0. The summed E-state index contributed by atoms with van der Waals surface area (Å²) in [6, 6.07) is 25.8. The lowest BCUT2D eigenvalue weighted by Crippen LogP contribution is -2.36. The summed E-state index contributed by atoms with van der Waals surface area (Å²) in [6.45, 7) is 7.91. The first-order chi connectivity index (χ1) is 19.0. The van der Waals surface area contributed by atoms with Gasteiger partial charge in [0.15, 0.2) is 0 Å². The van der Waals surface area contributed by atoms with Gasteiger partial charge >= 0.3 is 12.1 Å². The van der Waals surface area contributed by atoms with Crippen molar-refractivity contribution in [2.45, 2.75) is 52.9 Å². The van der Waals surface area contributed by atoms with E-state index in [1.165, 1.54) is 11.1 Å². The molecule has 0 fully saturated rings. The van der Waals surface area contributed by atoms with Gasteiger partial charge < -0.3 is 24.5 Å². The zero-order chi connectivity index (χ0) is 29.4. The van der Waals surface area contributed by atoms with Gasteiger partial charge in [-0.05, 0) is 50.5 Å². The van der Waals surface area contributed by atoms with Gasteiger partial charge in [0, 0.05) is 26.7 Å². The molecule has 214 valence electrons. The van der Waals surface area contributed by atoms with Crippen LogP contribution in [0.2, 0.25) is 0 Å². The highest BCUT2D eigenvalue weighted by Gasteiger charge is 2.16. The third kappa shape index (κ3) is 14.0. The van der Waals surface area contributed by atoms with E-state index >= 15 is 0 Å². The summed E-state index contributed by atoms with van der Waals surface area (Å²) in [5.41, 5.74) is 3.88. The lowest BCUT2D eigenvalue weighted by atomic mass is 10.1. The molecule has 0 aromatic heterocycles. The van der Waals surface area contributed by atoms with Gasteiger partial charge in [-0.1, -0.05) is 78.4 Å². The number of hydrogen-bond donors (Lipinski definition) is 1. The molecule has 0 radical (unpaired) electrons. The Balaban J connectivity index is 0.000000282. The van der Waals surface area contributed by atoms with Crippen LogP contribution in [0.1, 0.15) is 43.0 Å². The van der Waals surface area contributed by atoms with Crippen molar-refractivity contribution in [3.8, 4) is 5.75 Å². The number of alkyl carbamates (subject to hydrolysis) is 1. The Hall–Kier alpha value is -4.33. The third-order valence-corrected chi connectivity index (χ3v) is 5.10. The van der Waals surface area contributed by atoms with Crippen molar-refractivity contribution in [1.29, 1.82) is 0 Å². The fourth-order valence-electron chi connectivity index (χ4n) is 3.29. The summed E-state index contributed by atoms with van der Waals surface area (Å²) in [4.78, 5) is 22.7. The second-order valence-corrected chi connectivity index (χ2v) is 10.2. The van der Waals surface area contributed by atoms with Crippen LogP contribution < -0.4 is 10.1 Å². The van der Waals surface area contributed by atoms with Crippen molar-refractivity contribution in [3.05, 3.63) is 101 Å². The standard InChI is InChI=1S/C18H22N2O.C14H19NO4/c1-15-9-10-18(17(13-15)11-12-19-20(2)3)21-14-16-7-5-4-6-8-16;1-14(2,3)19-13(17)15-9-12(16)18-10-11-7-5-4-6-8-11/h4-10,12-13H,11,14H2,1-3H3;4-8H,9-10H2,1-3H3,(H,15,17)/b19-12+;. The lowest BCUT2D eigenvalue weighted by Gasteiger charge is -2.19. The normalized spacial score (nSPS) is 10.8. The molecule has 0 atom stereocenters. The van der Waals surface area contributed by atoms with Gasteiger partial charge in [0.25, 0.3) is 0 Å². The van der Waals surface area contributed by atoms with Gasteiger partial charge in [-0.2, -0.15) is 5.10 Å². The molecule has 0 heterocycles. The number of carbonyl (C=O) groups is 2. The third-order valence-electron chi connectivity index (χ3n) is 5.10. The Morgan fingerprint density at radius 2 is 1.50 bits per heavy atom. The molecule has 0 aliphatic rings. The summed E-state index contributed by atoms with van der Waals surface area (Å²) in [5.74, 6) is 0.421. The summed E-state index contributed by atoms with van der Waals surface area (Å²) in [5, 5.41) is 8.39. The number of benzene rings is 3. The number of hydrazone groups is 1. The van der Waals surface area contributed by atoms with Crippen LogP contribution in [0.4, 0.5) is 4.79 Å². The number of nitrogens with one attached hydrogen (secondary N) is 1. The maximum atomic E-state index is 11.4. The Morgan fingerprint density at radius 1 is 0.900 bits per heavy atom. The average Bonchev–Trinajstić information content (AvgIpc) is 2.91. The van der Waals surface area contributed by atoms with Gasteiger partial charge in [0.1, 0.15) is 31.1 Å².